The van der Waals surface area contributed by atoms with Crippen LogP contribution in [-0.2, 0) is 0 Å². The minimum absolute atomic E-state index is 0.205. The van der Waals surface area contributed by atoms with Crippen LogP contribution >= 0.6 is 0 Å². The Balaban J connectivity index is 3.08. The minimum Gasteiger partial charge on any atom is -0.493 e. The standard InChI is InChI=1S/C16H23NO4/c1-5-8-21-16-11-13(6-7-15(16)20-4)10-14(17(18)19)9-12(2)3/h6-7,10-12H,5,8-9H2,1-4H3. The molecule has 0 aromatic heterocycles. The van der Waals surface area contributed by atoms with E-state index in [2.05, 4.69) is 0 Å². The molecule has 5 heteroatoms. The summed E-state index contributed by atoms with van der Waals surface area (Å²) in [5.74, 6) is 1.48. The van der Waals surface area contributed by atoms with Gasteiger partial charge in [-0.2, -0.15) is 0 Å². The predicted octanol–water partition coefficient (Wildman–Crippen LogP) is 4.15. The highest BCUT2D eigenvalue weighted by molar-refractivity contribution is 5.57. The van der Waals surface area contributed by atoms with Crippen LogP contribution in [0.2, 0.25) is 0 Å². The van der Waals surface area contributed by atoms with Gasteiger partial charge in [0.05, 0.1) is 18.6 Å². The van der Waals surface area contributed by atoms with Gasteiger partial charge >= 0.3 is 0 Å². The summed E-state index contributed by atoms with van der Waals surface area (Å²) in [5.41, 5.74) is 0.950. The highest BCUT2D eigenvalue weighted by Gasteiger charge is 2.14. The number of nitrogens with zero attached hydrogens (tertiary/aromatic N) is 1. The van der Waals surface area contributed by atoms with Crippen molar-refractivity contribution >= 4 is 6.08 Å². The zero-order valence-electron chi connectivity index (χ0n) is 13.1. The summed E-state index contributed by atoms with van der Waals surface area (Å²) in [6.45, 7) is 6.52. The van der Waals surface area contributed by atoms with Gasteiger partial charge in [0.1, 0.15) is 0 Å². The van der Waals surface area contributed by atoms with Crippen molar-refractivity contribution in [3.63, 3.8) is 0 Å². The molecular weight excluding hydrogens is 270 g/mol. The van der Waals surface area contributed by atoms with Gasteiger partial charge < -0.3 is 9.47 Å². The van der Waals surface area contributed by atoms with Crippen LogP contribution in [0.1, 0.15) is 39.2 Å². The molecule has 1 aromatic carbocycles. The van der Waals surface area contributed by atoms with Gasteiger partial charge in [-0.25, -0.2) is 0 Å². The molecule has 0 amide bonds. The summed E-state index contributed by atoms with van der Waals surface area (Å²) < 4.78 is 10.9. The number of ether oxygens (including phenoxy) is 2. The third-order valence-corrected chi connectivity index (χ3v) is 2.83. The van der Waals surface area contributed by atoms with Gasteiger partial charge in [-0.1, -0.05) is 26.8 Å². The van der Waals surface area contributed by atoms with Crippen molar-refractivity contribution in [1.82, 2.24) is 0 Å². The third-order valence-electron chi connectivity index (χ3n) is 2.83. The topological polar surface area (TPSA) is 61.6 Å². The summed E-state index contributed by atoms with van der Waals surface area (Å²) in [4.78, 5) is 10.8. The molecule has 0 aliphatic carbocycles. The Morgan fingerprint density at radius 3 is 2.62 bits per heavy atom. The normalized spacial score (nSPS) is 11.6. The molecule has 0 spiro atoms. The van der Waals surface area contributed by atoms with Crippen LogP contribution in [0.3, 0.4) is 0 Å². The van der Waals surface area contributed by atoms with Crippen molar-refractivity contribution < 1.29 is 14.4 Å². The summed E-state index contributed by atoms with van der Waals surface area (Å²) in [6.07, 6.45) is 2.92. The Labute approximate surface area is 125 Å². The molecule has 0 atom stereocenters. The second-order valence-corrected chi connectivity index (χ2v) is 5.25. The number of benzene rings is 1. The van der Waals surface area contributed by atoms with Gasteiger partial charge in [0.25, 0.3) is 0 Å². The SMILES string of the molecule is CCCOc1cc(C=C(CC(C)C)[N+](=O)[O-])ccc1OC. The van der Waals surface area contributed by atoms with Gasteiger partial charge in [-0.15, -0.1) is 0 Å². The molecule has 0 radical (unpaired) electrons. The lowest BCUT2D eigenvalue weighted by atomic mass is 10.1. The van der Waals surface area contributed by atoms with Gasteiger partial charge in [0.15, 0.2) is 11.5 Å². The van der Waals surface area contributed by atoms with Crippen molar-refractivity contribution in [3.8, 4) is 11.5 Å². The van der Waals surface area contributed by atoms with Gasteiger partial charge in [0.2, 0.25) is 5.70 Å². The lowest BCUT2D eigenvalue weighted by Crippen LogP contribution is -2.03. The molecular formula is C16H23NO4. The van der Waals surface area contributed by atoms with Gasteiger partial charge in [-0.05, 0) is 30.0 Å². The van der Waals surface area contributed by atoms with Crippen molar-refractivity contribution in [2.75, 3.05) is 13.7 Å². The number of hydrogen-bond acceptors (Lipinski definition) is 4. The number of allylic oxidation sites excluding steroid dienone is 1. The monoisotopic (exact) mass is 293 g/mol. The first-order valence-corrected chi connectivity index (χ1v) is 7.13. The summed E-state index contributed by atoms with van der Waals surface area (Å²) in [6, 6.07) is 5.34. The first kappa shape index (κ1) is 17.0. The molecule has 0 bridgehead atoms. The van der Waals surface area contributed by atoms with E-state index in [-0.39, 0.29) is 16.5 Å². The van der Waals surface area contributed by atoms with E-state index in [1.165, 1.54) is 0 Å². The fourth-order valence-corrected chi connectivity index (χ4v) is 1.90. The Morgan fingerprint density at radius 1 is 1.38 bits per heavy atom. The van der Waals surface area contributed by atoms with E-state index in [9.17, 15) is 10.1 Å². The van der Waals surface area contributed by atoms with Crippen LogP contribution in [-0.4, -0.2) is 18.6 Å². The van der Waals surface area contributed by atoms with Crippen LogP contribution in [0, 0.1) is 16.0 Å². The average molecular weight is 293 g/mol. The zero-order chi connectivity index (χ0) is 15.8. The molecule has 5 nitrogen and oxygen atoms in total. The second-order valence-electron chi connectivity index (χ2n) is 5.25. The highest BCUT2D eigenvalue weighted by atomic mass is 16.6. The van der Waals surface area contributed by atoms with Crippen molar-refractivity contribution in [2.24, 2.45) is 5.92 Å². The van der Waals surface area contributed by atoms with Crippen LogP contribution in [0.5, 0.6) is 11.5 Å². The van der Waals surface area contributed by atoms with Gasteiger partial charge in [-0.3, -0.25) is 10.1 Å². The smallest absolute Gasteiger partial charge is 0.247 e. The Morgan fingerprint density at radius 2 is 2.10 bits per heavy atom. The molecule has 21 heavy (non-hydrogen) atoms. The van der Waals surface area contributed by atoms with E-state index in [4.69, 9.17) is 9.47 Å². The number of methoxy groups -OCH3 is 1. The molecule has 0 saturated heterocycles. The van der Waals surface area contributed by atoms with Crippen molar-refractivity contribution in [2.45, 2.75) is 33.6 Å². The van der Waals surface area contributed by atoms with Crippen molar-refractivity contribution in [1.29, 1.82) is 0 Å². The summed E-state index contributed by atoms with van der Waals surface area (Å²) >= 11 is 0. The molecule has 0 saturated carbocycles. The molecule has 0 heterocycles. The Kier molecular flexibility index (Phi) is 6.72. The number of rotatable bonds is 8. The molecule has 0 unspecified atom stereocenters. The van der Waals surface area contributed by atoms with Gasteiger partial charge in [0, 0.05) is 12.5 Å². The predicted molar refractivity (Wildman–Crippen MR) is 83.2 cm³/mol. The lowest BCUT2D eigenvalue weighted by Gasteiger charge is -2.10. The molecule has 0 aliphatic rings. The maximum atomic E-state index is 11.1. The van der Waals surface area contributed by atoms with Crippen LogP contribution in [0.15, 0.2) is 23.9 Å². The van der Waals surface area contributed by atoms with E-state index in [1.807, 2.05) is 20.8 Å². The zero-order valence-corrected chi connectivity index (χ0v) is 13.1. The quantitative estimate of drug-likeness (QED) is 0.533. The van der Waals surface area contributed by atoms with E-state index >= 15 is 0 Å². The van der Waals surface area contributed by atoms with E-state index in [1.54, 1.807) is 31.4 Å². The van der Waals surface area contributed by atoms with Crippen LogP contribution < -0.4 is 9.47 Å². The first-order chi connectivity index (χ1) is 9.97. The van der Waals surface area contributed by atoms with Crippen LogP contribution in [0.25, 0.3) is 6.08 Å². The van der Waals surface area contributed by atoms with Crippen molar-refractivity contribution in [3.05, 3.63) is 39.6 Å². The summed E-state index contributed by atoms with van der Waals surface area (Å²) in [5, 5.41) is 11.1. The van der Waals surface area contributed by atoms with E-state index < -0.39 is 0 Å². The molecule has 0 N–H and O–H groups in total. The number of hydrogen-bond donors (Lipinski definition) is 0. The number of nitro groups is 1. The molecule has 0 fully saturated rings. The average Bonchev–Trinajstić information content (AvgIpc) is 2.44. The minimum atomic E-state index is -0.323. The second kappa shape index (κ2) is 8.29. The fraction of sp³-hybridized carbons (Fsp3) is 0.500. The largest absolute Gasteiger partial charge is 0.493 e. The Bertz CT molecular complexity index is 509. The highest BCUT2D eigenvalue weighted by Crippen LogP contribution is 2.29. The molecule has 0 aliphatic heterocycles. The van der Waals surface area contributed by atoms with E-state index in [0.717, 1.165) is 12.0 Å². The first-order valence-electron chi connectivity index (χ1n) is 7.13. The maximum absolute atomic E-state index is 11.1. The summed E-state index contributed by atoms with van der Waals surface area (Å²) in [7, 11) is 1.57. The molecule has 116 valence electrons. The molecule has 1 aromatic rings. The van der Waals surface area contributed by atoms with Crippen LogP contribution in [0.4, 0.5) is 0 Å². The maximum Gasteiger partial charge on any atom is 0.247 e. The lowest BCUT2D eigenvalue weighted by molar-refractivity contribution is -0.427. The third kappa shape index (κ3) is 5.45. The molecule has 1 rings (SSSR count). The Hall–Kier alpha value is -2.04. The fourth-order valence-electron chi connectivity index (χ4n) is 1.90. The van der Waals surface area contributed by atoms with E-state index in [0.29, 0.717) is 24.5 Å².